The number of nitrogens with two attached hydrogens (primary N) is 1. The first-order valence-electron chi connectivity index (χ1n) is 10.7. The van der Waals surface area contributed by atoms with Gasteiger partial charge in [-0.25, -0.2) is 9.98 Å². The van der Waals surface area contributed by atoms with E-state index < -0.39 is 0 Å². The number of aromatic nitrogens is 1. The first kappa shape index (κ1) is 21.9. The van der Waals surface area contributed by atoms with Gasteiger partial charge in [-0.15, -0.1) is 24.0 Å². The molecule has 5 nitrogen and oxygen atoms in total. The number of anilines is 2. The Morgan fingerprint density at radius 3 is 2.66 bits per heavy atom. The van der Waals surface area contributed by atoms with Gasteiger partial charge in [0.2, 0.25) is 0 Å². The Balaban J connectivity index is 0.00000240. The fraction of sp³-hybridized carbons (Fsp3) is 0.478. The Kier molecular flexibility index (Phi) is 8.15. The molecule has 0 unspecified atom stereocenters. The van der Waals surface area contributed by atoms with Crippen molar-refractivity contribution in [3.8, 4) is 0 Å². The van der Waals surface area contributed by atoms with Crippen molar-refractivity contribution in [3.05, 3.63) is 53.2 Å². The molecule has 1 aromatic heterocycles. The summed E-state index contributed by atoms with van der Waals surface area (Å²) in [7, 11) is 0. The van der Waals surface area contributed by atoms with Gasteiger partial charge >= 0.3 is 0 Å². The summed E-state index contributed by atoms with van der Waals surface area (Å²) < 4.78 is 0. The lowest BCUT2D eigenvalue weighted by Crippen LogP contribution is -2.25. The van der Waals surface area contributed by atoms with Crippen LogP contribution < -0.4 is 16.0 Å². The maximum Gasteiger partial charge on any atom is 0.193 e. The molecule has 4 rings (SSSR count). The molecule has 1 fully saturated rings. The van der Waals surface area contributed by atoms with Crippen molar-refractivity contribution in [2.45, 2.75) is 57.9 Å². The quantitative estimate of drug-likeness (QED) is 0.353. The van der Waals surface area contributed by atoms with Crippen molar-refractivity contribution in [1.29, 1.82) is 0 Å². The molecule has 0 amide bonds. The monoisotopic (exact) mass is 505 g/mol. The summed E-state index contributed by atoms with van der Waals surface area (Å²) in [4.78, 5) is 11.6. The first-order chi connectivity index (χ1) is 13.8. The van der Waals surface area contributed by atoms with Crippen LogP contribution in [0.1, 0.15) is 55.2 Å². The Labute approximate surface area is 191 Å². The molecule has 1 aliphatic heterocycles. The van der Waals surface area contributed by atoms with Crippen LogP contribution in [0.15, 0.2) is 41.5 Å². The highest BCUT2D eigenvalue weighted by molar-refractivity contribution is 14.0. The van der Waals surface area contributed by atoms with Crippen LogP contribution in [0.2, 0.25) is 0 Å². The minimum atomic E-state index is 0. The van der Waals surface area contributed by atoms with Crippen molar-refractivity contribution in [3.63, 3.8) is 0 Å². The fourth-order valence-electron chi connectivity index (χ4n) is 4.28. The smallest absolute Gasteiger partial charge is 0.193 e. The Morgan fingerprint density at radius 1 is 1.03 bits per heavy atom. The van der Waals surface area contributed by atoms with Crippen LogP contribution >= 0.6 is 24.0 Å². The largest absolute Gasteiger partial charge is 0.370 e. The highest BCUT2D eigenvalue weighted by Gasteiger charge is 2.13. The molecule has 2 aliphatic rings. The number of hydrogen-bond acceptors (Lipinski definition) is 3. The van der Waals surface area contributed by atoms with Crippen LogP contribution in [-0.2, 0) is 19.4 Å². The van der Waals surface area contributed by atoms with E-state index in [1.54, 1.807) is 0 Å². The zero-order chi connectivity index (χ0) is 19.2. The van der Waals surface area contributed by atoms with Crippen molar-refractivity contribution in [2.75, 3.05) is 23.3 Å². The van der Waals surface area contributed by atoms with Gasteiger partial charge in [0, 0.05) is 25.0 Å². The third-order valence-electron chi connectivity index (χ3n) is 5.83. The van der Waals surface area contributed by atoms with Gasteiger partial charge in [-0.3, -0.25) is 0 Å². The molecule has 0 radical (unpaired) electrons. The molecule has 2 aromatic rings. The molecule has 1 saturated heterocycles. The molecule has 6 heteroatoms. The molecule has 0 atom stereocenters. The maximum absolute atomic E-state index is 6.20. The standard InChI is InChI=1S/C23H31N5.HI/c24-23(27-21-11-7-9-19-8-3-4-10-20(19)21)26-17-18-12-13-25-22(16-18)28-14-5-1-2-6-15-28;/h7,9,11-13,16H,1-6,8,10,14-15,17H2,(H3,24,26,27);1H. The molecule has 1 aliphatic carbocycles. The predicted octanol–water partition coefficient (Wildman–Crippen LogP) is 4.89. The zero-order valence-corrected chi connectivity index (χ0v) is 19.4. The first-order valence-corrected chi connectivity index (χ1v) is 10.7. The average Bonchev–Trinajstić information content (AvgIpc) is 3.02. The molecule has 0 bridgehead atoms. The van der Waals surface area contributed by atoms with E-state index >= 15 is 0 Å². The Hall–Kier alpha value is -1.83. The molecule has 1 aromatic carbocycles. The summed E-state index contributed by atoms with van der Waals surface area (Å²) in [6.45, 7) is 2.77. The second-order valence-electron chi connectivity index (χ2n) is 7.90. The van der Waals surface area contributed by atoms with Gasteiger partial charge in [-0.05, 0) is 73.4 Å². The number of pyridine rings is 1. The highest BCUT2D eigenvalue weighted by atomic mass is 127. The third-order valence-corrected chi connectivity index (χ3v) is 5.83. The molecule has 0 spiro atoms. The number of hydrogen-bond donors (Lipinski definition) is 2. The summed E-state index contributed by atoms with van der Waals surface area (Å²) in [5.74, 6) is 1.55. The summed E-state index contributed by atoms with van der Waals surface area (Å²) in [5, 5.41) is 3.33. The maximum atomic E-state index is 6.20. The number of aliphatic imine (C=N–C) groups is 1. The lowest BCUT2D eigenvalue weighted by Gasteiger charge is -2.21. The van der Waals surface area contributed by atoms with Gasteiger partial charge in [0.05, 0.1) is 6.54 Å². The average molecular weight is 505 g/mol. The van der Waals surface area contributed by atoms with Crippen LogP contribution in [0.5, 0.6) is 0 Å². The number of halogens is 1. The van der Waals surface area contributed by atoms with Gasteiger partial charge in [-0.1, -0.05) is 25.0 Å². The molecule has 156 valence electrons. The second kappa shape index (κ2) is 10.8. The number of rotatable bonds is 4. The molecular formula is C23H32IN5. The zero-order valence-electron chi connectivity index (χ0n) is 17.1. The van der Waals surface area contributed by atoms with Crippen molar-refractivity contribution >= 4 is 41.4 Å². The highest BCUT2D eigenvalue weighted by Crippen LogP contribution is 2.27. The van der Waals surface area contributed by atoms with Crippen LogP contribution in [0, 0.1) is 0 Å². The molecule has 29 heavy (non-hydrogen) atoms. The van der Waals surface area contributed by atoms with Crippen molar-refractivity contribution in [1.82, 2.24) is 4.98 Å². The van der Waals surface area contributed by atoms with Gasteiger partial charge < -0.3 is 16.0 Å². The number of benzene rings is 1. The summed E-state index contributed by atoms with van der Waals surface area (Å²) >= 11 is 0. The van der Waals surface area contributed by atoms with E-state index in [1.165, 1.54) is 49.7 Å². The molecular weight excluding hydrogens is 473 g/mol. The third kappa shape index (κ3) is 5.84. The SMILES string of the molecule is I.NC(=NCc1ccnc(N2CCCCCC2)c1)Nc1cccc2c1CCCC2. The van der Waals surface area contributed by atoms with E-state index in [0.717, 1.165) is 43.0 Å². The fourth-order valence-corrected chi connectivity index (χ4v) is 4.28. The van der Waals surface area contributed by atoms with E-state index in [0.29, 0.717) is 12.5 Å². The number of nitrogens with zero attached hydrogens (tertiary/aromatic N) is 3. The number of fused-ring (bicyclic) bond motifs is 1. The normalized spacial score (nSPS) is 17.1. The lowest BCUT2D eigenvalue weighted by molar-refractivity contribution is 0.687. The molecule has 3 N–H and O–H groups in total. The minimum absolute atomic E-state index is 0. The van der Waals surface area contributed by atoms with Crippen molar-refractivity contribution < 1.29 is 0 Å². The second-order valence-corrected chi connectivity index (χ2v) is 7.90. The topological polar surface area (TPSA) is 66.5 Å². The Morgan fingerprint density at radius 2 is 1.83 bits per heavy atom. The van der Waals surface area contributed by atoms with Gasteiger partial charge in [0.25, 0.3) is 0 Å². The number of nitrogens with one attached hydrogen (secondary N) is 1. The number of aryl methyl sites for hydroxylation is 1. The van der Waals surface area contributed by atoms with E-state index in [9.17, 15) is 0 Å². The van der Waals surface area contributed by atoms with Crippen molar-refractivity contribution in [2.24, 2.45) is 10.7 Å². The van der Waals surface area contributed by atoms with Gasteiger partial charge in [-0.2, -0.15) is 0 Å². The van der Waals surface area contributed by atoms with Crippen LogP contribution in [0.3, 0.4) is 0 Å². The van der Waals surface area contributed by atoms with Crippen LogP contribution in [0.25, 0.3) is 0 Å². The van der Waals surface area contributed by atoms with Crippen LogP contribution in [0.4, 0.5) is 11.5 Å². The lowest BCUT2D eigenvalue weighted by atomic mass is 9.90. The summed E-state index contributed by atoms with van der Waals surface area (Å²) in [6, 6.07) is 10.6. The van der Waals surface area contributed by atoms with E-state index in [2.05, 4.69) is 44.5 Å². The van der Waals surface area contributed by atoms with Gasteiger partial charge in [0.15, 0.2) is 5.96 Å². The number of guanidine groups is 1. The van der Waals surface area contributed by atoms with Crippen LogP contribution in [-0.4, -0.2) is 24.0 Å². The van der Waals surface area contributed by atoms with E-state index in [1.807, 2.05) is 12.3 Å². The predicted molar refractivity (Wildman–Crippen MR) is 132 cm³/mol. The summed E-state index contributed by atoms with van der Waals surface area (Å²) in [6.07, 6.45) is 11.9. The van der Waals surface area contributed by atoms with Gasteiger partial charge in [0.1, 0.15) is 5.82 Å². The summed E-state index contributed by atoms with van der Waals surface area (Å²) in [5.41, 5.74) is 11.3. The molecule has 0 saturated carbocycles. The molecule has 2 heterocycles. The minimum Gasteiger partial charge on any atom is -0.370 e. The van der Waals surface area contributed by atoms with E-state index in [-0.39, 0.29) is 24.0 Å². The Bertz CT molecular complexity index is 828. The van der Waals surface area contributed by atoms with E-state index in [4.69, 9.17) is 5.73 Å².